The van der Waals surface area contributed by atoms with E-state index in [9.17, 15) is 13.2 Å². The zero-order chi connectivity index (χ0) is 21.8. The fourth-order valence-electron chi connectivity index (χ4n) is 3.53. The molecule has 5 nitrogen and oxygen atoms in total. The van der Waals surface area contributed by atoms with Gasteiger partial charge in [0, 0.05) is 17.6 Å². The van der Waals surface area contributed by atoms with Crippen LogP contribution in [-0.4, -0.2) is 16.1 Å². The van der Waals surface area contributed by atoms with Gasteiger partial charge in [-0.25, -0.2) is 4.98 Å². The Labute approximate surface area is 178 Å². The predicted octanol–water partition coefficient (Wildman–Crippen LogP) is 6.61. The number of nitrogens with zero attached hydrogens (tertiary/aromatic N) is 2. The Morgan fingerprint density at radius 3 is 2.35 bits per heavy atom. The Hall–Kier alpha value is -3.29. The second-order valence-electron chi connectivity index (χ2n) is 7.57. The fraction of sp³-hybridized carbons (Fsp3) is 0.304. The third-order valence-corrected chi connectivity index (χ3v) is 5.21. The minimum absolute atomic E-state index is 0.0635. The first-order valence-corrected chi connectivity index (χ1v) is 10.2. The SMILES string of the molecule is Cc1ccccc1Nc1nc(Nc2ccc(OC3CCCC3)cc2)ncc1C(F)(F)F. The molecule has 31 heavy (non-hydrogen) atoms. The van der Waals surface area contributed by atoms with Crippen molar-refractivity contribution in [1.29, 1.82) is 0 Å². The molecule has 162 valence electrons. The summed E-state index contributed by atoms with van der Waals surface area (Å²) >= 11 is 0. The van der Waals surface area contributed by atoms with E-state index in [-0.39, 0.29) is 17.9 Å². The van der Waals surface area contributed by atoms with E-state index in [1.165, 1.54) is 12.8 Å². The van der Waals surface area contributed by atoms with Crippen LogP contribution in [0.2, 0.25) is 0 Å². The summed E-state index contributed by atoms with van der Waals surface area (Å²) in [4.78, 5) is 7.95. The van der Waals surface area contributed by atoms with Gasteiger partial charge in [-0.1, -0.05) is 18.2 Å². The van der Waals surface area contributed by atoms with Gasteiger partial charge in [0.25, 0.3) is 0 Å². The molecule has 1 heterocycles. The Morgan fingerprint density at radius 2 is 1.68 bits per heavy atom. The summed E-state index contributed by atoms with van der Waals surface area (Å²) in [6.07, 6.45) is 0.970. The highest BCUT2D eigenvalue weighted by Crippen LogP contribution is 2.36. The van der Waals surface area contributed by atoms with Gasteiger partial charge in [0.2, 0.25) is 5.95 Å². The molecule has 2 N–H and O–H groups in total. The van der Waals surface area contributed by atoms with Gasteiger partial charge < -0.3 is 15.4 Å². The lowest BCUT2D eigenvalue weighted by Gasteiger charge is -2.16. The maximum absolute atomic E-state index is 13.5. The smallest absolute Gasteiger partial charge is 0.421 e. The summed E-state index contributed by atoms with van der Waals surface area (Å²) in [6, 6.07) is 14.3. The van der Waals surface area contributed by atoms with Gasteiger partial charge in [0.15, 0.2) is 0 Å². The predicted molar refractivity (Wildman–Crippen MR) is 114 cm³/mol. The van der Waals surface area contributed by atoms with Crippen molar-refractivity contribution in [2.24, 2.45) is 0 Å². The first-order valence-electron chi connectivity index (χ1n) is 10.2. The number of alkyl halides is 3. The Kier molecular flexibility index (Phi) is 5.97. The molecular weight excluding hydrogens is 405 g/mol. The lowest BCUT2D eigenvalue weighted by Crippen LogP contribution is -2.13. The van der Waals surface area contributed by atoms with Crippen molar-refractivity contribution in [2.45, 2.75) is 44.9 Å². The number of ether oxygens (including phenoxy) is 1. The minimum atomic E-state index is -4.58. The number of benzene rings is 2. The monoisotopic (exact) mass is 428 g/mol. The Bertz CT molecular complexity index is 1030. The number of aryl methyl sites for hydroxylation is 1. The average molecular weight is 428 g/mol. The van der Waals surface area contributed by atoms with E-state index in [1.807, 2.05) is 31.2 Å². The van der Waals surface area contributed by atoms with Gasteiger partial charge in [0.1, 0.15) is 17.1 Å². The second kappa shape index (κ2) is 8.83. The van der Waals surface area contributed by atoms with Gasteiger partial charge >= 0.3 is 6.18 Å². The number of anilines is 4. The molecule has 3 aromatic rings. The van der Waals surface area contributed by atoms with Crippen LogP contribution in [0.25, 0.3) is 0 Å². The molecule has 0 amide bonds. The van der Waals surface area contributed by atoms with Crippen LogP contribution in [0, 0.1) is 6.92 Å². The molecule has 0 saturated heterocycles. The number of rotatable bonds is 6. The molecule has 0 unspecified atom stereocenters. The van der Waals surface area contributed by atoms with Crippen molar-refractivity contribution in [1.82, 2.24) is 9.97 Å². The van der Waals surface area contributed by atoms with E-state index in [0.29, 0.717) is 11.4 Å². The molecule has 4 rings (SSSR count). The van der Waals surface area contributed by atoms with Crippen molar-refractivity contribution in [3.05, 3.63) is 65.9 Å². The number of hydrogen-bond acceptors (Lipinski definition) is 5. The van der Waals surface area contributed by atoms with Crippen LogP contribution in [0.4, 0.5) is 36.3 Å². The van der Waals surface area contributed by atoms with E-state index in [0.717, 1.165) is 30.4 Å². The quantitative estimate of drug-likeness (QED) is 0.462. The lowest BCUT2D eigenvalue weighted by atomic mass is 10.2. The first-order chi connectivity index (χ1) is 14.9. The van der Waals surface area contributed by atoms with Crippen molar-refractivity contribution in [3.63, 3.8) is 0 Å². The van der Waals surface area contributed by atoms with Gasteiger partial charge in [0.05, 0.1) is 6.10 Å². The van der Waals surface area contributed by atoms with Crippen LogP contribution in [0.5, 0.6) is 5.75 Å². The third kappa shape index (κ3) is 5.25. The van der Waals surface area contributed by atoms with Crippen LogP contribution >= 0.6 is 0 Å². The van der Waals surface area contributed by atoms with Crippen molar-refractivity contribution >= 4 is 23.1 Å². The van der Waals surface area contributed by atoms with Crippen LogP contribution in [0.15, 0.2) is 54.7 Å². The highest BCUT2D eigenvalue weighted by Gasteiger charge is 2.35. The van der Waals surface area contributed by atoms with Gasteiger partial charge in [-0.2, -0.15) is 18.2 Å². The third-order valence-electron chi connectivity index (χ3n) is 5.21. The zero-order valence-corrected chi connectivity index (χ0v) is 17.0. The molecule has 0 spiro atoms. The van der Waals surface area contributed by atoms with E-state index >= 15 is 0 Å². The summed E-state index contributed by atoms with van der Waals surface area (Å²) in [5.41, 5.74) is 1.08. The molecular formula is C23H23F3N4O. The summed E-state index contributed by atoms with van der Waals surface area (Å²) in [5, 5.41) is 5.75. The fourth-order valence-corrected chi connectivity index (χ4v) is 3.53. The summed E-state index contributed by atoms with van der Waals surface area (Å²) in [5.74, 6) is 0.529. The molecule has 0 bridgehead atoms. The number of halogens is 3. The lowest BCUT2D eigenvalue weighted by molar-refractivity contribution is -0.137. The standard InChI is InChI=1S/C23H23F3N4O/c1-15-6-2-5-9-20(15)29-21-19(23(24,25)26)14-27-22(30-21)28-16-10-12-18(13-11-16)31-17-7-3-4-8-17/h2,5-6,9-14,17H,3-4,7-8H2,1H3,(H2,27,28,29,30). The number of aromatic nitrogens is 2. The number of hydrogen-bond donors (Lipinski definition) is 2. The molecule has 1 aliphatic carbocycles. The van der Waals surface area contributed by atoms with Crippen LogP contribution < -0.4 is 15.4 Å². The molecule has 1 saturated carbocycles. The molecule has 8 heteroatoms. The topological polar surface area (TPSA) is 59.1 Å². The Morgan fingerprint density at radius 1 is 0.968 bits per heavy atom. The molecule has 1 fully saturated rings. The van der Waals surface area contributed by atoms with Crippen LogP contribution in [0.1, 0.15) is 36.8 Å². The van der Waals surface area contributed by atoms with Crippen LogP contribution in [-0.2, 0) is 6.18 Å². The zero-order valence-electron chi connectivity index (χ0n) is 17.0. The van der Waals surface area contributed by atoms with Crippen molar-refractivity contribution in [2.75, 3.05) is 10.6 Å². The number of nitrogens with one attached hydrogen (secondary N) is 2. The van der Waals surface area contributed by atoms with E-state index in [1.54, 1.807) is 24.3 Å². The van der Waals surface area contributed by atoms with Crippen LogP contribution in [0.3, 0.4) is 0 Å². The van der Waals surface area contributed by atoms with Crippen molar-refractivity contribution < 1.29 is 17.9 Å². The molecule has 0 atom stereocenters. The van der Waals surface area contributed by atoms with Gasteiger partial charge in [-0.15, -0.1) is 0 Å². The second-order valence-corrected chi connectivity index (χ2v) is 7.57. The van der Waals surface area contributed by atoms with Gasteiger partial charge in [-0.3, -0.25) is 0 Å². The largest absolute Gasteiger partial charge is 0.490 e. The highest BCUT2D eigenvalue weighted by atomic mass is 19.4. The average Bonchev–Trinajstić information content (AvgIpc) is 3.24. The molecule has 0 radical (unpaired) electrons. The summed E-state index contributed by atoms with van der Waals surface area (Å²) < 4.78 is 46.3. The highest BCUT2D eigenvalue weighted by molar-refractivity contribution is 5.65. The maximum Gasteiger partial charge on any atom is 0.421 e. The molecule has 0 aliphatic heterocycles. The first kappa shape index (κ1) is 21.0. The van der Waals surface area contributed by atoms with E-state index in [2.05, 4.69) is 20.6 Å². The van der Waals surface area contributed by atoms with E-state index in [4.69, 9.17) is 4.74 Å². The number of para-hydroxylation sites is 1. The minimum Gasteiger partial charge on any atom is -0.490 e. The Balaban J connectivity index is 1.53. The van der Waals surface area contributed by atoms with Gasteiger partial charge in [-0.05, 0) is 68.5 Å². The summed E-state index contributed by atoms with van der Waals surface area (Å²) in [7, 11) is 0. The van der Waals surface area contributed by atoms with E-state index < -0.39 is 11.7 Å². The normalized spacial score (nSPS) is 14.5. The molecule has 1 aromatic heterocycles. The maximum atomic E-state index is 13.5. The molecule has 1 aliphatic rings. The molecule has 2 aromatic carbocycles. The van der Waals surface area contributed by atoms with Crippen molar-refractivity contribution in [3.8, 4) is 5.75 Å². The summed E-state index contributed by atoms with van der Waals surface area (Å²) in [6.45, 7) is 1.81.